The molecule has 2 N–H and O–H groups in total. The van der Waals surface area contributed by atoms with Gasteiger partial charge in [0.25, 0.3) is 5.91 Å². The van der Waals surface area contributed by atoms with Gasteiger partial charge >= 0.3 is 0 Å². The van der Waals surface area contributed by atoms with Gasteiger partial charge in [-0.1, -0.05) is 0 Å². The maximum Gasteiger partial charge on any atom is 0.257 e. The highest BCUT2D eigenvalue weighted by Gasteiger charge is 2.31. The molecule has 0 radical (unpaired) electrons. The molecule has 1 amide bonds. The maximum absolute atomic E-state index is 12.7. The number of ether oxygens (including phenoxy) is 1. The Labute approximate surface area is 125 Å². The lowest BCUT2D eigenvalue weighted by atomic mass is 10.0. The number of hydrogen-bond acceptors (Lipinski definition) is 4. The first-order valence-electron chi connectivity index (χ1n) is 7.90. The van der Waals surface area contributed by atoms with Crippen molar-refractivity contribution in [3.05, 3.63) is 17.5 Å². The normalized spacial score (nSPS) is 25.7. The summed E-state index contributed by atoms with van der Waals surface area (Å²) >= 11 is 0. The molecule has 3 rings (SSSR count). The van der Waals surface area contributed by atoms with Gasteiger partial charge < -0.3 is 15.0 Å². The SMILES string of the molecule is CCOCC1CCN(C(=O)c2cn[nH]c2C2CCNC2)C1. The highest BCUT2D eigenvalue weighted by Crippen LogP contribution is 2.26. The van der Waals surface area contributed by atoms with E-state index in [2.05, 4.69) is 15.5 Å². The summed E-state index contributed by atoms with van der Waals surface area (Å²) in [7, 11) is 0. The van der Waals surface area contributed by atoms with Crippen LogP contribution in [0.3, 0.4) is 0 Å². The summed E-state index contributed by atoms with van der Waals surface area (Å²) < 4.78 is 5.48. The Hall–Kier alpha value is -1.40. The number of nitrogens with one attached hydrogen (secondary N) is 2. The summed E-state index contributed by atoms with van der Waals surface area (Å²) in [6.07, 6.45) is 3.78. The third kappa shape index (κ3) is 3.11. The highest BCUT2D eigenvalue weighted by molar-refractivity contribution is 5.95. The van der Waals surface area contributed by atoms with Gasteiger partial charge in [-0.25, -0.2) is 0 Å². The van der Waals surface area contributed by atoms with Gasteiger partial charge in [0.05, 0.1) is 24.1 Å². The number of aromatic nitrogens is 2. The summed E-state index contributed by atoms with van der Waals surface area (Å²) in [4.78, 5) is 14.7. The standard InChI is InChI=1S/C15H24N4O2/c1-2-21-10-11-4-6-19(9-11)15(20)13-8-17-18-14(13)12-3-5-16-7-12/h8,11-12,16H,2-7,9-10H2,1H3,(H,17,18). The zero-order valence-corrected chi connectivity index (χ0v) is 12.6. The largest absolute Gasteiger partial charge is 0.381 e. The van der Waals surface area contributed by atoms with Crippen molar-refractivity contribution in [2.24, 2.45) is 5.92 Å². The lowest BCUT2D eigenvalue weighted by Crippen LogP contribution is -2.30. The van der Waals surface area contributed by atoms with Gasteiger partial charge in [-0.15, -0.1) is 0 Å². The molecule has 0 saturated carbocycles. The van der Waals surface area contributed by atoms with Gasteiger partial charge in [-0.2, -0.15) is 5.10 Å². The van der Waals surface area contributed by atoms with Crippen molar-refractivity contribution in [2.45, 2.75) is 25.7 Å². The van der Waals surface area contributed by atoms with Gasteiger partial charge in [-0.3, -0.25) is 9.89 Å². The first kappa shape index (κ1) is 14.5. The van der Waals surface area contributed by atoms with Crippen molar-refractivity contribution >= 4 is 5.91 Å². The van der Waals surface area contributed by atoms with Crippen LogP contribution >= 0.6 is 0 Å². The van der Waals surface area contributed by atoms with Crippen LogP contribution in [0.5, 0.6) is 0 Å². The molecule has 2 aliphatic rings. The third-order valence-electron chi connectivity index (χ3n) is 4.50. The predicted molar refractivity (Wildman–Crippen MR) is 79.3 cm³/mol. The van der Waals surface area contributed by atoms with Crippen LogP contribution < -0.4 is 5.32 Å². The second-order valence-corrected chi connectivity index (χ2v) is 5.95. The third-order valence-corrected chi connectivity index (χ3v) is 4.50. The molecular weight excluding hydrogens is 268 g/mol. The van der Waals surface area contributed by atoms with E-state index >= 15 is 0 Å². The summed E-state index contributed by atoms with van der Waals surface area (Å²) in [5, 5.41) is 10.5. The molecule has 2 atom stereocenters. The second-order valence-electron chi connectivity index (χ2n) is 5.95. The van der Waals surface area contributed by atoms with E-state index in [9.17, 15) is 4.79 Å². The Kier molecular flexibility index (Phi) is 4.55. The van der Waals surface area contributed by atoms with E-state index in [4.69, 9.17) is 4.74 Å². The van der Waals surface area contributed by atoms with Gasteiger partial charge in [0.15, 0.2) is 0 Å². The molecule has 116 valence electrons. The average molecular weight is 292 g/mol. The Balaban J connectivity index is 1.65. The summed E-state index contributed by atoms with van der Waals surface area (Å²) in [5.74, 6) is 0.968. The van der Waals surface area contributed by atoms with Crippen LogP contribution in [-0.2, 0) is 4.74 Å². The van der Waals surface area contributed by atoms with Gasteiger partial charge in [0.1, 0.15) is 0 Å². The van der Waals surface area contributed by atoms with Crippen molar-refractivity contribution in [3.63, 3.8) is 0 Å². The maximum atomic E-state index is 12.7. The lowest BCUT2D eigenvalue weighted by molar-refractivity contribution is 0.0761. The molecule has 21 heavy (non-hydrogen) atoms. The molecule has 2 saturated heterocycles. The summed E-state index contributed by atoms with van der Waals surface area (Å²) in [5.41, 5.74) is 1.75. The van der Waals surface area contributed by atoms with E-state index in [0.717, 1.165) is 63.5 Å². The molecular formula is C15H24N4O2. The molecule has 1 aromatic heterocycles. The molecule has 2 unspecified atom stereocenters. The fraction of sp³-hybridized carbons (Fsp3) is 0.733. The smallest absolute Gasteiger partial charge is 0.257 e. The first-order valence-corrected chi connectivity index (χ1v) is 7.90. The van der Waals surface area contributed by atoms with Crippen LogP contribution in [0.25, 0.3) is 0 Å². The zero-order chi connectivity index (χ0) is 14.7. The predicted octanol–water partition coefficient (Wildman–Crippen LogP) is 0.985. The Bertz CT molecular complexity index is 482. The number of aromatic amines is 1. The second kappa shape index (κ2) is 6.58. The Morgan fingerprint density at radius 3 is 3.19 bits per heavy atom. The van der Waals surface area contributed by atoms with E-state index in [-0.39, 0.29) is 5.91 Å². The molecule has 0 aromatic carbocycles. The van der Waals surface area contributed by atoms with Crippen molar-refractivity contribution in [3.8, 4) is 0 Å². The van der Waals surface area contributed by atoms with E-state index in [1.54, 1.807) is 6.20 Å². The monoisotopic (exact) mass is 292 g/mol. The average Bonchev–Trinajstić information content (AvgIpc) is 3.23. The summed E-state index contributed by atoms with van der Waals surface area (Å²) in [6.45, 7) is 7.06. The van der Waals surface area contributed by atoms with E-state index < -0.39 is 0 Å². The van der Waals surface area contributed by atoms with Crippen molar-refractivity contribution in [1.82, 2.24) is 20.4 Å². The van der Waals surface area contributed by atoms with E-state index in [0.29, 0.717) is 11.8 Å². The van der Waals surface area contributed by atoms with Crippen LogP contribution in [0.2, 0.25) is 0 Å². The number of amides is 1. The molecule has 6 heteroatoms. The number of carbonyl (C=O) groups excluding carboxylic acids is 1. The first-order chi connectivity index (χ1) is 10.3. The molecule has 0 spiro atoms. The van der Waals surface area contributed by atoms with Gasteiger partial charge in [-0.05, 0) is 26.3 Å². The quantitative estimate of drug-likeness (QED) is 0.849. The molecule has 3 heterocycles. The molecule has 0 aliphatic carbocycles. The van der Waals surface area contributed by atoms with Gasteiger partial charge in [0.2, 0.25) is 0 Å². The minimum Gasteiger partial charge on any atom is -0.381 e. The number of likely N-dealkylation sites (tertiary alicyclic amines) is 1. The number of H-pyrrole nitrogens is 1. The highest BCUT2D eigenvalue weighted by atomic mass is 16.5. The number of nitrogens with zero attached hydrogens (tertiary/aromatic N) is 2. The molecule has 6 nitrogen and oxygen atoms in total. The van der Waals surface area contributed by atoms with Crippen LogP contribution in [0.4, 0.5) is 0 Å². The molecule has 1 aromatic rings. The summed E-state index contributed by atoms with van der Waals surface area (Å²) in [6, 6.07) is 0. The van der Waals surface area contributed by atoms with Crippen LogP contribution in [0.1, 0.15) is 41.7 Å². The fourth-order valence-electron chi connectivity index (χ4n) is 3.29. The van der Waals surface area contributed by atoms with Crippen molar-refractivity contribution in [1.29, 1.82) is 0 Å². The molecule has 2 aliphatic heterocycles. The topological polar surface area (TPSA) is 70.2 Å². The number of rotatable bonds is 5. The minimum atomic E-state index is 0.115. The van der Waals surface area contributed by atoms with E-state index in [1.165, 1.54) is 0 Å². The lowest BCUT2D eigenvalue weighted by Gasteiger charge is -2.17. The fourth-order valence-corrected chi connectivity index (χ4v) is 3.29. The van der Waals surface area contributed by atoms with Crippen LogP contribution in [0.15, 0.2) is 6.20 Å². The number of carbonyl (C=O) groups is 1. The Morgan fingerprint density at radius 1 is 1.52 bits per heavy atom. The van der Waals surface area contributed by atoms with Crippen LogP contribution in [0, 0.1) is 5.92 Å². The van der Waals surface area contributed by atoms with E-state index in [1.807, 2.05) is 11.8 Å². The van der Waals surface area contributed by atoms with Crippen molar-refractivity contribution < 1.29 is 9.53 Å². The molecule has 2 fully saturated rings. The minimum absolute atomic E-state index is 0.115. The number of hydrogen-bond donors (Lipinski definition) is 2. The Morgan fingerprint density at radius 2 is 2.43 bits per heavy atom. The van der Waals surface area contributed by atoms with Crippen molar-refractivity contribution in [2.75, 3.05) is 39.4 Å². The molecule has 0 bridgehead atoms. The van der Waals surface area contributed by atoms with Crippen LogP contribution in [-0.4, -0.2) is 60.4 Å². The zero-order valence-electron chi connectivity index (χ0n) is 12.6. The van der Waals surface area contributed by atoms with Gasteiger partial charge in [0, 0.05) is 38.1 Å².